The van der Waals surface area contributed by atoms with Crippen molar-refractivity contribution in [2.45, 2.75) is 12.8 Å². The molecule has 3 N–H and O–H groups in total. The van der Waals surface area contributed by atoms with E-state index in [0.717, 1.165) is 12.8 Å². The highest BCUT2D eigenvalue weighted by molar-refractivity contribution is 5.96. The van der Waals surface area contributed by atoms with Crippen LogP contribution < -0.4 is 20.7 Å². The molecule has 1 saturated carbocycles. The quantitative estimate of drug-likeness (QED) is 0.579. The van der Waals surface area contributed by atoms with Crippen molar-refractivity contribution in [1.82, 2.24) is 10.6 Å². The molecule has 0 radical (unpaired) electrons. The topological polar surface area (TPSA) is 96.5 Å². The van der Waals surface area contributed by atoms with E-state index in [1.54, 1.807) is 36.4 Å². The predicted molar refractivity (Wildman–Crippen MR) is 105 cm³/mol. The zero-order valence-corrected chi connectivity index (χ0v) is 15.4. The van der Waals surface area contributed by atoms with Crippen LogP contribution in [0.4, 0.5) is 5.69 Å². The molecule has 1 fully saturated rings. The molecule has 0 atom stereocenters. The summed E-state index contributed by atoms with van der Waals surface area (Å²) in [6.45, 7) is 0.683. The van der Waals surface area contributed by atoms with Crippen molar-refractivity contribution in [1.29, 1.82) is 0 Å². The highest BCUT2D eigenvalue weighted by Gasteiger charge is 2.28. The zero-order chi connectivity index (χ0) is 19.8. The number of ether oxygens (including phenoxy) is 1. The molecular formula is C21H23N3O4. The van der Waals surface area contributed by atoms with E-state index in [1.165, 1.54) is 0 Å². The fourth-order valence-corrected chi connectivity index (χ4v) is 2.52. The number of hydrogen-bond acceptors (Lipinski definition) is 4. The molecule has 0 unspecified atom stereocenters. The van der Waals surface area contributed by atoms with E-state index >= 15 is 0 Å². The molecule has 0 saturated heterocycles. The van der Waals surface area contributed by atoms with Crippen LogP contribution in [0.5, 0.6) is 5.75 Å². The minimum Gasteiger partial charge on any atom is -0.484 e. The Hall–Kier alpha value is -3.35. The van der Waals surface area contributed by atoms with E-state index in [1.807, 2.05) is 18.2 Å². The van der Waals surface area contributed by atoms with Crippen LogP contribution in [0, 0.1) is 5.92 Å². The first-order chi connectivity index (χ1) is 13.6. The molecular weight excluding hydrogens is 358 g/mol. The second-order valence-corrected chi connectivity index (χ2v) is 6.55. The van der Waals surface area contributed by atoms with Crippen molar-refractivity contribution >= 4 is 23.4 Å². The largest absolute Gasteiger partial charge is 0.484 e. The summed E-state index contributed by atoms with van der Waals surface area (Å²) in [6, 6.07) is 15.7. The highest BCUT2D eigenvalue weighted by Crippen LogP contribution is 2.28. The number of amides is 3. The highest BCUT2D eigenvalue weighted by atomic mass is 16.5. The normalized spacial score (nSPS) is 12.7. The molecule has 2 aromatic rings. The third kappa shape index (κ3) is 6.12. The van der Waals surface area contributed by atoms with E-state index in [2.05, 4.69) is 16.0 Å². The van der Waals surface area contributed by atoms with E-state index in [0.29, 0.717) is 30.1 Å². The second kappa shape index (κ2) is 9.55. The van der Waals surface area contributed by atoms with E-state index in [9.17, 15) is 14.4 Å². The van der Waals surface area contributed by atoms with Crippen molar-refractivity contribution in [2.75, 3.05) is 25.0 Å². The molecule has 0 bridgehead atoms. The van der Waals surface area contributed by atoms with Gasteiger partial charge in [-0.1, -0.05) is 18.2 Å². The summed E-state index contributed by atoms with van der Waals surface area (Å²) >= 11 is 0. The van der Waals surface area contributed by atoms with Gasteiger partial charge < -0.3 is 20.7 Å². The Morgan fingerprint density at radius 3 is 2.25 bits per heavy atom. The SMILES string of the molecule is O=C(COc1ccccc1)Nc1ccc(C(=O)NCCNC(=O)C2CC2)cc1. The van der Waals surface area contributed by atoms with Gasteiger partial charge in [0.05, 0.1) is 0 Å². The Morgan fingerprint density at radius 1 is 0.893 bits per heavy atom. The van der Waals surface area contributed by atoms with Crippen LogP contribution in [0.15, 0.2) is 54.6 Å². The molecule has 146 valence electrons. The number of hydrogen-bond donors (Lipinski definition) is 3. The van der Waals surface area contributed by atoms with Crippen molar-refractivity contribution < 1.29 is 19.1 Å². The molecule has 0 aliphatic heterocycles. The van der Waals surface area contributed by atoms with Crippen LogP contribution in [0.3, 0.4) is 0 Å². The summed E-state index contributed by atoms with van der Waals surface area (Å²) in [5.74, 6) is 0.332. The minimum atomic E-state index is -0.285. The smallest absolute Gasteiger partial charge is 0.262 e. The van der Waals surface area contributed by atoms with Crippen molar-refractivity contribution in [2.24, 2.45) is 5.92 Å². The summed E-state index contributed by atoms with van der Waals surface area (Å²) < 4.78 is 5.39. The fourth-order valence-electron chi connectivity index (χ4n) is 2.52. The number of rotatable bonds is 9. The molecule has 28 heavy (non-hydrogen) atoms. The van der Waals surface area contributed by atoms with E-state index < -0.39 is 0 Å². The second-order valence-electron chi connectivity index (χ2n) is 6.55. The van der Waals surface area contributed by atoms with Gasteiger partial charge in [-0.15, -0.1) is 0 Å². The Morgan fingerprint density at radius 2 is 1.57 bits per heavy atom. The standard InChI is InChI=1S/C21H23N3O4/c25-19(14-28-18-4-2-1-3-5-18)24-17-10-8-16(9-11-17)21(27)23-13-12-22-20(26)15-6-7-15/h1-5,8-11,15H,6-7,12-14H2,(H,22,26)(H,23,27)(H,24,25). The fraction of sp³-hybridized carbons (Fsp3) is 0.286. The van der Waals surface area contributed by atoms with Crippen LogP contribution in [-0.2, 0) is 9.59 Å². The Labute approximate surface area is 163 Å². The van der Waals surface area contributed by atoms with Gasteiger partial charge in [0, 0.05) is 30.3 Å². The first-order valence-electron chi connectivity index (χ1n) is 9.25. The predicted octanol–water partition coefficient (Wildman–Crippen LogP) is 1.96. The lowest BCUT2D eigenvalue weighted by atomic mass is 10.2. The first-order valence-corrected chi connectivity index (χ1v) is 9.25. The number of para-hydroxylation sites is 1. The maximum absolute atomic E-state index is 12.1. The van der Waals surface area contributed by atoms with Gasteiger partial charge in [-0.05, 0) is 49.2 Å². The molecule has 3 rings (SSSR count). The average Bonchev–Trinajstić information content (AvgIpc) is 3.56. The van der Waals surface area contributed by atoms with Gasteiger partial charge in [-0.25, -0.2) is 0 Å². The number of carbonyl (C=O) groups excluding carboxylic acids is 3. The summed E-state index contributed by atoms with van der Waals surface area (Å²) in [6.07, 6.45) is 1.92. The Balaban J connectivity index is 1.37. The van der Waals surface area contributed by atoms with Crippen LogP contribution >= 0.6 is 0 Å². The number of nitrogens with one attached hydrogen (secondary N) is 3. The molecule has 1 aliphatic carbocycles. The maximum Gasteiger partial charge on any atom is 0.262 e. The van der Waals surface area contributed by atoms with Gasteiger partial charge in [0.1, 0.15) is 5.75 Å². The Bertz CT molecular complexity index is 817. The van der Waals surface area contributed by atoms with Crippen molar-refractivity contribution in [3.8, 4) is 5.75 Å². The van der Waals surface area contributed by atoms with Gasteiger partial charge in [-0.2, -0.15) is 0 Å². The third-order valence-electron chi connectivity index (χ3n) is 4.20. The molecule has 1 aliphatic rings. The molecule has 2 aromatic carbocycles. The van der Waals surface area contributed by atoms with E-state index in [-0.39, 0.29) is 30.2 Å². The van der Waals surface area contributed by atoms with Gasteiger partial charge in [0.2, 0.25) is 5.91 Å². The lowest BCUT2D eigenvalue weighted by Crippen LogP contribution is -2.35. The van der Waals surface area contributed by atoms with Gasteiger partial charge >= 0.3 is 0 Å². The van der Waals surface area contributed by atoms with Crippen LogP contribution in [0.1, 0.15) is 23.2 Å². The van der Waals surface area contributed by atoms with Gasteiger partial charge in [0.15, 0.2) is 6.61 Å². The molecule has 7 heteroatoms. The van der Waals surface area contributed by atoms with Crippen molar-refractivity contribution in [3.63, 3.8) is 0 Å². The molecule has 0 heterocycles. The number of anilines is 1. The molecule has 3 amide bonds. The van der Waals surface area contributed by atoms with Crippen LogP contribution in [0.25, 0.3) is 0 Å². The van der Waals surface area contributed by atoms with Gasteiger partial charge in [-0.3, -0.25) is 14.4 Å². The van der Waals surface area contributed by atoms with Gasteiger partial charge in [0.25, 0.3) is 11.8 Å². The van der Waals surface area contributed by atoms with Crippen LogP contribution in [0.2, 0.25) is 0 Å². The van der Waals surface area contributed by atoms with Crippen molar-refractivity contribution in [3.05, 3.63) is 60.2 Å². The zero-order valence-electron chi connectivity index (χ0n) is 15.4. The number of carbonyl (C=O) groups is 3. The summed E-state index contributed by atoms with van der Waals surface area (Å²) in [5.41, 5.74) is 1.06. The Kier molecular flexibility index (Phi) is 6.62. The third-order valence-corrected chi connectivity index (χ3v) is 4.20. The van der Waals surface area contributed by atoms with Crippen LogP contribution in [-0.4, -0.2) is 37.4 Å². The molecule has 7 nitrogen and oxygen atoms in total. The van der Waals surface area contributed by atoms with E-state index in [4.69, 9.17) is 4.74 Å². The lowest BCUT2D eigenvalue weighted by molar-refractivity contribution is -0.122. The monoisotopic (exact) mass is 381 g/mol. The maximum atomic E-state index is 12.1. The molecule has 0 aromatic heterocycles. The summed E-state index contributed by atoms with van der Waals surface area (Å²) in [4.78, 5) is 35.5. The average molecular weight is 381 g/mol. The molecule has 0 spiro atoms. The summed E-state index contributed by atoms with van der Waals surface area (Å²) in [5, 5.41) is 8.26. The minimum absolute atomic E-state index is 0.0607. The lowest BCUT2D eigenvalue weighted by Gasteiger charge is -2.09. The first kappa shape index (κ1) is 19.4. The number of benzene rings is 2. The summed E-state index contributed by atoms with van der Waals surface area (Å²) in [7, 11) is 0.